The minimum atomic E-state index is -1.67. The van der Waals surface area contributed by atoms with Crippen LogP contribution in [0.1, 0.15) is 13.3 Å². The Balaban J connectivity index is 1.72. The van der Waals surface area contributed by atoms with Gasteiger partial charge in [-0.15, -0.1) is 0 Å². The summed E-state index contributed by atoms with van der Waals surface area (Å²) >= 11 is 0. The van der Waals surface area contributed by atoms with Gasteiger partial charge in [0.15, 0.2) is 0 Å². The molecule has 0 amide bonds. The first kappa shape index (κ1) is 18.6. The molecule has 2 heterocycles. The maximum absolute atomic E-state index is 12.5. The van der Waals surface area contributed by atoms with Crippen LogP contribution in [0.5, 0.6) is 0 Å². The van der Waals surface area contributed by atoms with Crippen molar-refractivity contribution in [2.45, 2.75) is 50.2 Å². The Kier molecular flexibility index (Phi) is 5.33. The SMILES string of the molecule is C[C@@H]1C[C@@H](O)[C@@H]2C(C(=O)O[C@@H]3O[C@H](CO)[C@@H](O)[C@H](O)[C@H]3O)=COC[C@@H]21. The number of aliphatic hydroxyl groups excluding tert-OH is 5. The first-order valence-corrected chi connectivity index (χ1v) is 8.36. The van der Waals surface area contributed by atoms with Gasteiger partial charge in [0, 0.05) is 11.8 Å². The first-order valence-electron chi connectivity index (χ1n) is 8.36. The molecule has 1 saturated carbocycles. The van der Waals surface area contributed by atoms with E-state index in [1.807, 2.05) is 6.92 Å². The monoisotopic (exact) mass is 360 g/mol. The summed E-state index contributed by atoms with van der Waals surface area (Å²) in [4.78, 5) is 12.5. The van der Waals surface area contributed by atoms with Crippen LogP contribution in [0.3, 0.4) is 0 Å². The highest BCUT2D eigenvalue weighted by Crippen LogP contribution is 2.44. The Morgan fingerprint density at radius 2 is 1.96 bits per heavy atom. The molecular weight excluding hydrogens is 336 g/mol. The zero-order chi connectivity index (χ0) is 18.3. The molecule has 9 atom stereocenters. The maximum Gasteiger partial charge on any atom is 0.339 e. The van der Waals surface area contributed by atoms with Crippen molar-refractivity contribution < 1.29 is 44.5 Å². The normalized spacial score (nSPS) is 46.8. The number of aliphatic hydroxyl groups is 5. The average molecular weight is 360 g/mol. The Morgan fingerprint density at radius 3 is 2.64 bits per heavy atom. The summed E-state index contributed by atoms with van der Waals surface area (Å²) in [5.41, 5.74) is 0.144. The molecule has 2 aliphatic heterocycles. The van der Waals surface area contributed by atoms with Crippen LogP contribution in [0.25, 0.3) is 0 Å². The molecule has 0 aromatic rings. The molecule has 9 nitrogen and oxygen atoms in total. The van der Waals surface area contributed by atoms with E-state index < -0.39 is 55.3 Å². The van der Waals surface area contributed by atoms with Crippen molar-refractivity contribution in [2.24, 2.45) is 17.8 Å². The second-order valence-electron chi connectivity index (χ2n) is 6.98. The fourth-order valence-corrected chi connectivity index (χ4v) is 3.90. The van der Waals surface area contributed by atoms with E-state index in [0.29, 0.717) is 13.0 Å². The van der Waals surface area contributed by atoms with Crippen molar-refractivity contribution in [2.75, 3.05) is 13.2 Å². The van der Waals surface area contributed by atoms with Crippen molar-refractivity contribution >= 4 is 5.97 Å². The van der Waals surface area contributed by atoms with E-state index in [1.165, 1.54) is 6.26 Å². The Morgan fingerprint density at radius 1 is 1.24 bits per heavy atom. The third-order valence-electron chi connectivity index (χ3n) is 5.39. The van der Waals surface area contributed by atoms with E-state index in [2.05, 4.69) is 0 Å². The number of carbonyl (C=O) groups is 1. The number of hydrogen-bond donors (Lipinski definition) is 5. The van der Waals surface area contributed by atoms with E-state index in [-0.39, 0.29) is 17.4 Å². The van der Waals surface area contributed by atoms with Gasteiger partial charge in [-0.25, -0.2) is 4.79 Å². The molecule has 0 aromatic carbocycles. The van der Waals surface area contributed by atoms with E-state index in [0.717, 1.165) is 0 Å². The van der Waals surface area contributed by atoms with Crippen LogP contribution in [0, 0.1) is 17.8 Å². The standard InChI is InChI=1S/C16H24O9/c1-6-2-9(18)11-7(6)4-23-5-8(11)15(22)25-16-14(21)13(20)12(19)10(3-17)24-16/h5-7,9-14,16-21H,2-4H2,1H3/t6-,7-,9-,10-,11+,12-,13+,14-,16+/m1/s1. The summed E-state index contributed by atoms with van der Waals surface area (Å²) < 4.78 is 15.6. The quantitative estimate of drug-likeness (QED) is 0.356. The van der Waals surface area contributed by atoms with Gasteiger partial charge in [0.2, 0.25) is 6.29 Å². The van der Waals surface area contributed by atoms with E-state index >= 15 is 0 Å². The molecule has 1 saturated heterocycles. The predicted octanol–water partition coefficient (Wildman–Crippen LogP) is -2.12. The molecule has 3 aliphatic rings. The summed E-state index contributed by atoms with van der Waals surface area (Å²) in [7, 11) is 0. The van der Waals surface area contributed by atoms with Gasteiger partial charge in [-0.2, -0.15) is 0 Å². The van der Waals surface area contributed by atoms with E-state index in [1.54, 1.807) is 0 Å². The molecular formula is C16H24O9. The summed E-state index contributed by atoms with van der Waals surface area (Å²) in [6.07, 6.45) is -6.47. The molecule has 3 rings (SSSR count). The molecule has 0 aromatic heterocycles. The summed E-state index contributed by atoms with van der Waals surface area (Å²) in [5.74, 6) is -1.10. The van der Waals surface area contributed by atoms with Crippen LogP contribution < -0.4 is 0 Å². The highest BCUT2D eigenvalue weighted by Gasteiger charge is 2.49. The van der Waals surface area contributed by atoms with Crippen molar-refractivity contribution in [1.82, 2.24) is 0 Å². The molecule has 9 heteroatoms. The van der Waals surface area contributed by atoms with Gasteiger partial charge < -0.3 is 39.7 Å². The van der Waals surface area contributed by atoms with Crippen LogP contribution in [-0.4, -0.2) is 81.5 Å². The lowest BCUT2D eigenvalue weighted by atomic mass is 9.84. The average Bonchev–Trinajstić information content (AvgIpc) is 2.89. The smallest absolute Gasteiger partial charge is 0.339 e. The lowest BCUT2D eigenvalue weighted by Gasteiger charge is -2.39. The van der Waals surface area contributed by atoms with Gasteiger partial charge >= 0.3 is 5.97 Å². The molecule has 2 fully saturated rings. The largest absolute Gasteiger partial charge is 0.500 e. The van der Waals surface area contributed by atoms with E-state index in [9.17, 15) is 30.3 Å². The third kappa shape index (κ3) is 3.27. The number of carbonyl (C=O) groups excluding carboxylic acids is 1. The van der Waals surface area contributed by atoms with Crippen molar-refractivity contribution in [3.8, 4) is 0 Å². The predicted molar refractivity (Wildman–Crippen MR) is 80.7 cm³/mol. The fourth-order valence-electron chi connectivity index (χ4n) is 3.90. The molecule has 142 valence electrons. The van der Waals surface area contributed by atoms with Crippen LogP contribution in [-0.2, 0) is 19.0 Å². The molecule has 25 heavy (non-hydrogen) atoms. The van der Waals surface area contributed by atoms with Crippen LogP contribution in [0.2, 0.25) is 0 Å². The third-order valence-corrected chi connectivity index (χ3v) is 5.39. The number of esters is 1. The highest BCUT2D eigenvalue weighted by molar-refractivity contribution is 5.89. The van der Waals surface area contributed by atoms with Crippen LogP contribution in [0.4, 0.5) is 0 Å². The molecule has 0 radical (unpaired) electrons. The maximum atomic E-state index is 12.5. The summed E-state index contributed by atoms with van der Waals surface area (Å²) in [6, 6.07) is 0. The summed E-state index contributed by atoms with van der Waals surface area (Å²) in [6.45, 7) is 1.76. The van der Waals surface area contributed by atoms with Crippen LogP contribution in [0.15, 0.2) is 11.8 Å². The Labute approximate surface area is 144 Å². The molecule has 0 bridgehead atoms. The van der Waals surface area contributed by atoms with Crippen molar-refractivity contribution in [3.63, 3.8) is 0 Å². The minimum absolute atomic E-state index is 0.0163. The fraction of sp³-hybridized carbons (Fsp3) is 0.812. The van der Waals surface area contributed by atoms with Gasteiger partial charge in [-0.3, -0.25) is 0 Å². The summed E-state index contributed by atoms with van der Waals surface area (Å²) in [5, 5.41) is 48.9. The zero-order valence-corrected chi connectivity index (χ0v) is 13.8. The molecule has 0 unspecified atom stereocenters. The van der Waals surface area contributed by atoms with Crippen LogP contribution >= 0.6 is 0 Å². The molecule has 0 spiro atoms. The van der Waals surface area contributed by atoms with E-state index in [4.69, 9.17) is 14.2 Å². The minimum Gasteiger partial charge on any atom is -0.500 e. The number of ether oxygens (including phenoxy) is 3. The topological polar surface area (TPSA) is 146 Å². The Hall–Kier alpha value is -1.23. The highest BCUT2D eigenvalue weighted by atomic mass is 16.7. The van der Waals surface area contributed by atoms with Gasteiger partial charge in [0.25, 0.3) is 0 Å². The molecule has 1 aliphatic carbocycles. The van der Waals surface area contributed by atoms with Gasteiger partial charge in [0.05, 0.1) is 31.2 Å². The lowest BCUT2D eigenvalue weighted by Crippen LogP contribution is -2.59. The van der Waals surface area contributed by atoms with Gasteiger partial charge in [-0.1, -0.05) is 6.92 Å². The first-order chi connectivity index (χ1) is 11.8. The zero-order valence-electron chi connectivity index (χ0n) is 13.8. The van der Waals surface area contributed by atoms with Gasteiger partial charge in [0.1, 0.15) is 24.4 Å². The second-order valence-corrected chi connectivity index (χ2v) is 6.98. The number of fused-ring (bicyclic) bond motifs is 1. The second kappa shape index (κ2) is 7.18. The lowest BCUT2D eigenvalue weighted by molar-refractivity contribution is -0.291. The Bertz CT molecular complexity index is 534. The van der Waals surface area contributed by atoms with Gasteiger partial charge in [-0.05, 0) is 12.3 Å². The van der Waals surface area contributed by atoms with Crippen molar-refractivity contribution in [1.29, 1.82) is 0 Å². The number of rotatable bonds is 3. The molecule has 5 N–H and O–H groups in total. The van der Waals surface area contributed by atoms with Crippen molar-refractivity contribution in [3.05, 3.63) is 11.8 Å². The number of hydrogen-bond acceptors (Lipinski definition) is 9.